The smallest absolute Gasteiger partial charge is 0.224 e. The minimum absolute atomic E-state index is 0.00668. The van der Waals surface area contributed by atoms with Gasteiger partial charge >= 0.3 is 0 Å². The quantitative estimate of drug-likeness (QED) is 0.485. The van der Waals surface area contributed by atoms with E-state index in [2.05, 4.69) is 44.8 Å². The number of aromatic nitrogens is 1. The zero-order valence-corrected chi connectivity index (χ0v) is 19.9. The third kappa shape index (κ3) is 2.79. The van der Waals surface area contributed by atoms with Gasteiger partial charge in [-0.25, -0.2) is 0 Å². The van der Waals surface area contributed by atoms with E-state index in [1.54, 1.807) is 13.1 Å². The van der Waals surface area contributed by atoms with Crippen LogP contribution in [-0.2, 0) is 15.6 Å². The Labute approximate surface area is 195 Å². The fourth-order valence-corrected chi connectivity index (χ4v) is 6.27. The Bertz CT molecular complexity index is 1240. The summed E-state index contributed by atoms with van der Waals surface area (Å²) in [5, 5.41) is 0. The average molecular weight is 439 g/mol. The van der Waals surface area contributed by atoms with Gasteiger partial charge in [0.05, 0.1) is 11.0 Å². The van der Waals surface area contributed by atoms with Crippen molar-refractivity contribution in [3.05, 3.63) is 95.3 Å². The number of nitrogens with zero attached hydrogens (tertiary/aromatic N) is 2. The van der Waals surface area contributed by atoms with Gasteiger partial charge in [-0.15, -0.1) is 0 Å². The minimum atomic E-state index is -0.882. The van der Waals surface area contributed by atoms with Crippen molar-refractivity contribution in [2.75, 3.05) is 4.90 Å². The van der Waals surface area contributed by atoms with Crippen LogP contribution >= 0.6 is 0 Å². The van der Waals surface area contributed by atoms with Crippen LogP contribution in [0.4, 0.5) is 5.69 Å². The molecule has 33 heavy (non-hydrogen) atoms. The monoisotopic (exact) mass is 438 g/mol. The Balaban J connectivity index is 1.73. The first-order valence-corrected chi connectivity index (χ1v) is 11.6. The Morgan fingerprint density at radius 3 is 2.24 bits per heavy atom. The molecule has 2 aromatic carbocycles. The van der Waals surface area contributed by atoms with Gasteiger partial charge in [0.1, 0.15) is 0 Å². The lowest BCUT2D eigenvalue weighted by Gasteiger charge is -2.60. The highest BCUT2D eigenvalue weighted by atomic mass is 16.2. The molecule has 2 aliphatic rings. The van der Waals surface area contributed by atoms with Crippen molar-refractivity contribution in [3.8, 4) is 0 Å². The molecular formula is C29H30N2O2. The summed E-state index contributed by atoms with van der Waals surface area (Å²) in [5.41, 5.74) is 3.00. The summed E-state index contributed by atoms with van der Waals surface area (Å²) >= 11 is 0. The Kier molecular flexibility index (Phi) is 4.65. The van der Waals surface area contributed by atoms with Gasteiger partial charge in [0.25, 0.3) is 0 Å². The summed E-state index contributed by atoms with van der Waals surface area (Å²) in [6.45, 7) is 10.2. The second-order valence-corrected chi connectivity index (χ2v) is 10.6. The fourth-order valence-electron chi connectivity index (χ4n) is 6.27. The van der Waals surface area contributed by atoms with E-state index in [9.17, 15) is 9.59 Å². The molecule has 4 heteroatoms. The number of hydrogen-bond donors (Lipinski definition) is 0. The second-order valence-electron chi connectivity index (χ2n) is 10.6. The Hall–Kier alpha value is -3.27. The number of amides is 1. The van der Waals surface area contributed by atoms with E-state index in [1.165, 1.54) is 5.56 Å². The molecular weight excluding hydrogens is 408 g/mol. The topological polar surface area (TPSA) is 50.3 Å². The van der Waals surface area contributed by atoms with Crippen LogP contribution in [0.5, 0.6) is 0 Å². The standard InChI is InChI=1S/C29H30N2O2/c1-19(32)31-25-12-7-6-10-22(25)29(23(18-28(29,31)5)24-11-8-9-17-30-24)26(33)20-13-15-21(16-14-20)27(2,3)4/h6-17,23H,18H2,1-5H3/t23-,28+,29-/m1/s1. The second kappa shape index (κ2) is 7.11. The summed E-state index contributed by atoms with van der Waals surface area (Å²) in [6, 6.07) is 21.8. The summed E-state index contributed by atoms with van der Waals surface area (Å²) < 4.78 is 0. The van der Waals surface area contributed by atoms with Crippen molar-refractivity contribution in [2.24, 2.45) is 0 Å². The number of carbonyl (C=O) groups is 2. The predicted octanol–water partition coefficient (Wildman–Crippen LogP) is 5.81. The van der Waals surface area contributed by atoms with Crippen molar-refractivity contribution in [1.82, 2.24) is 4.98 Å². The number of hydrogen-bond acceptors (Lipinski definition) is 3. The zero-order chi connectivity index (χ0) is 23.6. The number of anilines is 1. The largest absolute Gasteiger partial charge is 0.305 e. The maximum absolute atomic E-state index is 14.5. The number of fused-ring (bicyclic) bond motifs is 3. The SMILES string of the molecule is CC(=O)N1c2ccccc2[C@]2(C(=O)c3ccc(C(C)(C)C)cc3)[C@@H](c3ccccn3)C[C@]12C. The first kappa shape index (κ1) is 21.6. The number of Topliss-reactive ketones (excluding diaryl/α,β-unsaturated/α-hetero) is 1. The number of carbonyl (C=O) groups excluding carboxylic acids is 2. The summed E-state index contributed by atoms with van der Waals surface area (Å²) in [6.07, 6.45) is 2.47. The van der Waals surface area contributed by atoms with Gasteiger partial charge in [-0.1, -0.05) is 69.3 Å². The minimum Gasteiger partial charge on any atom is -0.305 e. The van der Waals surface area contributed by atoms with Crippen LogP contribution in [0.1, 0.15) is 74.1 Å². The highest BCUT2D eigenvalue weighted by molar-refractivity contribution is 6.13. The predicted molar refractivity (Wildman–Crippen MR) is 131 cm³/mol. The normalized spacial score (nSPS) is 25.7. The molecule has 1 aromatic heterocycles. The molecule has 5 rings (SSSR count). The lowest BCUT2D eigenvalue weighted by molar-refractivity contribution is -0.118. The maximum Gasteiger partial charge on any atom is 0.224 e. The molecule has 0 spiro atoms. The van der Waals surface area contributed by atoms with E-state index in [0.717, 1.165) is 16.9 Å². The van der Waals surface area contributed by atoms with Crippen LogP contribution in [0.15, 0.2) is 72.9 Å². The van der Waals surface area contributed by atoms with E-state index in [0.29, 0.717) is 12.0 Å². The molecule has 0 N–H and O–H groups in total. The summed E-state index contributed by atoms with van der Waals surface area (Å²) in [4.78, 5) is 33.9. The van der Waals surface area contributed by atoms with Crippen molar-refractivity contribution >= 4 is 17.4 Å². The molecule has 1 aliphatic heterocycles. The highest BCUT2D eigenvalue weighted by Gasteiger charge is 2.75. The van der Waals surface area contributed by atoms with Crippen LogP contribution < -0.4 is 4.90 Å². The Morgan fingerprint density at radius 1 is 0.970 bits per heavy atom. The van der Waals surface area contributed by atoms with E-state index in [1.807, 2.05) is 59.5 Å². The van der Waals surface area contributed by atoms with Gasteiger partial charge in [-0.05, 0) is 48.1 Å². The van der Waals surface area contributed by atoms with Crippen LogP contribution in [0.3, 0.4) is 0 Å². The summed E-state index contributed by atoms with van der Waals surface area (Å²) in [5.74, 6) is -0.0882. The number of benzene rings is 2. The molecule has 0 saturated heterocycles. The third-order valence-electron chi connectivity index (χ3n) is 7.77. The van der Waals surface area contributed by atoms with E-state index in [-0.39, 0.29) is 23.0 Å². The first-order valence-electron chi connectivity index (χ1n) is 11.6. The van der Waals surface area contributed by atoms with Crippen molar-refractivity contribution in [3.63, 3.8) is 0 Å². The van der Waals surface area contributed by atoms with Gasteiger partial charge in [-0.2, -0.15) is 0 Å². The number of para-hydroxylation sites is 1. The number of pyridine rings is 1. The maximum atomic E-state index is 14.5. The zero-order valence-electron chi connectivity index (χ0n) is 19.9. The average Bonchev–Trinajstić information content (AvgIpc) is 2.95. The third-order valence-corrected chi connectivity index (χ3v) is 7.77. The molecule has 1 aliphatic carbocycles. The number of rotatable bonds is 3. The Morgan fingerprint density at radius 2 is 1.64 bits per heavy atom. The molecule has 4 nitrogen and oxygen atoms in total. The molecule has 0 radical (unpaired) electrons. The van der Waals surface area contributed by atoms with Crippen LogP contribution in [0, 0.1) is 0 Å². The first-order chi connectivity index (χ1) is 15.6. The molecule has 1 saturated carbocycles. The molecule has 3 aromatic rings. The van der Waals surface area contributed by atoms with Crippen LogP contribution in [-0.4, -0.2) is 22.2 Å². The van der Waals surface area contributed by atoms with Crippen LogP contribution in [0.25, 0.3) is 0 Å². The van der Waals surface area contributed by atoms with Gasteiger partial charge in [0, 0.05) is 36.0 Å². The molecule has 1 amide bonds. The molecule has 1 fully saturated rings. The van der Waals surface area contributed by atoms with Crippen molar-refractivity contribution in [2.45, 2.75) is 63.3 Å². The van der Waals surface area contributed by atoms with Gasteiger partial charge in [0.15, 0.2) is 5.78 Å². The van der Waals surface area contributed by atoms with E-state index >= 15 is 0 Å². The summed E-state index contributed by atoms with van der Waals surface area (Å²) in [7, 11) is 0. The molecule has 2 heterocycles. The lowest BCUT2D eigenvalue weighted by atomic mass is 9.44. The van der Waals surface area contributed by atoms with Gasteiger partial charge < -0.3 is 4.90 Å². The molecule has 168 valence electrons. The van der Waals surface area contributed by atoms with E-state index in [4.69, 9.17) is 0 Å². The lowest BCUT2D eigenvalue weighted by Crippen LogP contribution is -2.71. The molecule has 0 unspecified atom stereocenters. The van der Waals surface area contributed by atoms with Gasteiger partial charge in [0.2, 0.25) is 5.91 Å². The molecule has 3 atom stereocenters. The van der Waals surface area contributed by atoms with Crippen molar-refractivity contribution in [1.29, 1.82) is 0 Å². The van der Waals surface area contributed by atoms with Crippen LogP contribution in [0.2, 0.25) is 0 Å². The highest BCUT2D eigenvalue weighted by Crippen LogP contribution is 2.70. The fraction of sp³-hybridized carbons (Fsp3) is 0.345. The van der Waals surface area contributed by atoms with Gasteiger partial charge in [-0.3, -0.25) is 14.6 Å². The number of ketones is 1. The molecule has 0 bridgehead atoms. The van der Waals surface area contributed by atoms with E-state index < -0.39 is 11.0 Å². The van der Waals surface area contributed by atoms with Crippen molar-refractivity contribution < 1.29 is 9.59 Å².